The fraction of sp³-hybridized carbons (Fsp3) is 0.444. The molecule has 8 heterocycles. The van der Waals surface area contributed by atoms with Gasteiger partial charge in [-0.3, -0.25) is 9.69 Å². The number of piperazine rings is 1. The highest BCUT2D eigenvalue weighted by atomic mass is 35.5. The first-order chi connectivity index (χ1) is 23.0. The third kappa shape index (κ3) is 4.86. The molecule has 4 atom stereocenters. The standard InChI is InChI=1S/C36H36ClN7O3/c37-26-3-1-2-25(12-26)36(8-9-36)35(45)44-29-13-30(44)19-41(18-29)33-7-4-23(16-39-33)32-14-31(20-43-34(32)24(15-38)17-40-43)47-11-10-42-27-5-6-28(42)22-46-21-27/h1-4,7,12,14,16-17,20,27-30H,5-6,8-11,13,18-19,21-22H2. The normalized spacial score (nSPS) is 25.8. The molecule has 4 aromatic rings. The van der Waals surface area contributed by atoms with Gasteiger partial charge in [0.05, 0.1) is 54.2 Å². The lowest BCUT2D eigenvalue weighted by atomic mass is 9.83. The second-order valence-electron chi connectivity index (χ2n) is 13.7. The largest absolute Gasteiger partial charge is 0.491 e. The fourth-order valence-corrected chi connectivity index (χ4v) is 8.66. The second kappa shape index (κ2) is 11.2. The Kier molecular flexibility index (Phi) is 6.93. The Morgan fingerprint density at radius 1 is 1.06 bits per heavy atom. The second-order valence-corrected chi connectivity index (χ2v) is 14.2. The number of nitriles is 1. The molecule has 4 bridgehead atoms. The van der Waals surface area contributed by atoms with Crippen LogP contribution < -0.4 is 9.64 Å². The third-order valence-electron chi connectivity index (χ3n) is 11.1. The maximum Gasteiger partial charge on any atom is 0.233 e. The first-order valence-electron chi connectivity index (χ1n) is 16.7. The Labute approximate surface area is 278 Å². The zero-order valence-electron chi connectivity index (χ0n) is 26.1. The first kappa shape index (κ1) is 29.0. The van der Waals surface area contributed by atoms with Crippen molar-refractivity contribution in [1.29, 1.82) is 5.26 Å². The molecule has 1 amide bonds. The van der Waals surface area contributed by atoms with E-state index >= 15 is 0 Å². The minimum atomic E-state index is -0.411. The maximum atomic E-state index is 13.8. The van der Waals surface area contributed by atoms with Crippen LogP contribution in [0, 0.1) is 11.3 Å². The van der Waals surface area contributed by atoms with Crippen LogP contribution in [0.2, 0.25) is 5.02 Å². The number of rotatable bonds is 8. The van der Waals surface area contributed by atoms with Crippen molar-refractivity contribution in [2.24, 2.45) is 0 Å². The molecule has 240 valence electrons. The van der Waals surface area contributed by atoms with Crippen LogP contribution in [-0.2, 0) is 14.9 Å². The highest BCUT2D eigenvalue weighted by molar-refractivity contribution is 6.30. The molecule has 0 spiro atoms. The van der Waals surface area contributed by atoms with E-state index in [0.29, 0.717) is 35.0 Å². The smallest absolute Gasteiger partial charge is 0.233 e. The number of anilines is 1. The minimum Gasteiger partial charge on any atom is -0.491 e. The van der Waals surface area contributed by atoms with Crippen molar-refractivity contribution in [3.63, 3.8) is 0 Å². The van der Waals surface area contributed by atoms with E-state index in [1.807, 2.05) is 48.8 Å². The van der Waals surface area contributed by atoms with Gasteiger partial charge in [0.1, 0.15) is 24.2 Å². The zero-order valence-corrected chi connectivity index (χ0v) is 26.9. The predicted octanol–water partition coefficient (Wildman–Crippen LogP) is 4.68. The summed E-state index contributed by atoms with van der Waals surface area (Å²) in [6.07, 6.45) is 10.5. The molecular formula is C36H36ClN7O3. The summed E-state index contributed by atoms with van der Waals surface area (Å²) >= 11 is 6.28. The average molecular weight is 650 g/mol. The summed E-state index contributed by atoms with van der Waals surface area (Å²) in [5.41, 5.74) is 3.63. The SMILES string of the molecule is N#Cc1cnn2cc(OCCN3C4CCC3COC4)cc(-c3ccc(N4CC5CC(C4)N5C(=O)C4(c5cccc(Cl)c5)CC4)nc3)c12. The molecule has 11 heteroatoms. The van der Waals surface area contributed by atoms with Crippen LogP contribution in [0.15, 0.2) is 61.1 Å². The predicted molar refractivity (Wildman–Crippen MR) is 177 cm³/mol. The molecular weight excluding hydrogens is 614 g/mol. The van der Waals surface area contributed by atoms with Gasteiger partial charge in [-0.25, -0.2) is 9.50 Å². The monoisotopic (exact) mass is 649 g/mol. The maximum absolute atomic E-state index is 13.8. The van der Waals surface area contributed by atoms with Gasteiger partial charge in [0.15, 0.2) is 0 Å². The van der Waals surface area contributed by atoms with Gasteiger partial charge in [0.25, 0.3) is 0 Å². The van der Waals surface area contributed by atoms with E-state index < -0.39 is 5.41 Å². The number of hydrogen-bond acceptors (Lipinski definition) is 8. The Balaban J connectivity index is 0.907. The van der Waals surface area contributed by atoms with Gasteiger partial charge in [-0.15, -0.1) is 0 Å². The molecule has 0 radical (unpaired) electrons. The van der Waals surface area contributed by atoms with Crippen LogP contribution in [0.1, 0.15) is 43.2 Å². The molecule has 1 aromatic carbocycles. The van der Waals surface area contributed by atoms with Gasteiger partial charge in [0.2, 0.25) is 5.91 Å². The van der Waals surface area contributed by atoms with Gasteiger partial charge < -0.3 is 19.3 Å². The number of fused-ring (bicyclic) bond motifs is 5. The average Bonchev–Trinajstić information content (AvgIpc) is 3.76. The molecule has 0 N–H and O–H groups in total. The van der Waals surface area contributed by atoms with Crippen LogP contribution in [-0.4, -0.2) is 93.9 Å². The van der Waals surface area contributed by atoms with Crippen LogP contribution in [0.3, 0.4) is 0 Å². The Morgan fingerprint density at radius 2 is 1.87 bits per heavy atom. The zero-order chi connectivity index (χ0) is 31.7. The summed E-state index contributed by atoms with van der Waals surface area (Å²) < 4.78 is 13.7. The van der Waals surface area contributed by atoms with Crippen LogP contribution in [0.4, 0.5) is 5.82 Å². The lowest BCUT2D eigenvalue weighted by Crippen LogP contribution is -2.71. The first-order valence-corrected chi connectivity index (χ1v) is 17.1. The van der Waals surface area contributed by atoms with Crippen molar-refractivity contribution in [3.05, 3.63) is 77.2 Å². The lowest BCUT2D eigenvalue weighted by Gasteiger charge is -2.57. The number of amides is 1. The van der Waals surface area contributed by atoms with E-state index in [-0.39, 0.29) is 18.0 Å². The number of carbonyl (C=O) groups excluding carboxylic acids is 1. The van der Waals surface area contributed by atoms with Crippen molar-refractivity contribution in [2.45, 2.75) is 61.7 Å². The summed E-state index contributed by atoms with van der Waals surface area (Å²) in [5.74, 6) is 1.85. The number of halogens is 1. The summed E-state index contributed by atoms with van der Waals surface area (Å²) in [4.78, 5) is 25.7. The van der Waals surface area contributed by atoms with Gasteiger partial charge >= 0.3 is 0 Å². The summed E-state index contributed by atoms with van der Waals surface area (Å²) in [7, 11) is 0. The van der Waals surface area contributed by atoms with Gasteiger partial charge in [0, 0.05) is 54.1 Å². The molecule has 10 nitrogen and oxygen atoms in total. The number of carbonyl (C=O) groups is 1. The number of ether oxygens (including phenoxy) is 2. The molecule has 6 aliphatic rings. The van der Waals surface area contributed by atoms with E-state index in [4.69, 9.17) is 26.1 Å². The topological polar surface area (TPSA) is 99.2 Å². The molecule has 5 saturated heterocycles. The number of aromatic nitrogens is 3. The van der Waals surface area contributed by atoms with Gasteiger partial charge in [-0.2, -0.15) is 10.4 Å². The van der Waals surface area contributed by atoms with Crippen LogP contribution >= 0.6 is 11.6 Å². The minimum absolute atomic E-state index is 0.186. The third-order valence-corrected chi connectivity index (χ3v) is 11.3. The number of piperidine rings is 1. The highest BCUT2D eigenvalue weighted by Gasteiger charge is 2.59. The molecule has 5 aliphatic heterocycles. The molecule has 1 aliphatic carbocycles. The summed E-state index contributed by atoms with van der Waals surface area (Å²) in [6.45, 7) is 4.56. The van der Waals surface area contributed by atoms with E-state index in [0.717, 1.165) is 80.1 Å². The number of pyridine rings is 2. The molecule has 10 rings (SSSR count). The van der Waals surface area contributed by atoms with Gasteiger partial charge in [-0.1, -0.05) is 23.7 Å². The van der Waals surface area contributed by atoms with Crippen molar-refractivity contribution in [3.8, 4) is 22.9 Å². The van der Waals surface area contributed by atoms with Crippen LogP contribution in [0.25, 0.3) is 16.6 Å². The van der Waals surface area contributed by atoms with Crippen molar-refractivity contribution in [2.75, 3.05) is 44.4 Å². The van der Waals surface area contributed by atoms with E-state index in [9.17, 15) is 10.1 Å². The van der Waals surface area contributed by atoms with Crippen molar-refractivity contribution >= 4 is 28.8 Å². The number of benzene rings is 1. The Morgan fingerprint density at radius 3 is 2.57 bits per heavy atom. The molecule has 4 unspecified atom stereocenters. The summed E-state index contributed by atoms with van der Waals surface area (Å²) in [6, 6.07) is 17.5. The summed E-state index contributed by atoms with van der Waals surface area (Å²) in [5, 5.41) is 15.0. The molecule has 6 fully saturated rings. The van der Waals surface area contributed by atoms with Gasteiger partial charge in [-0.05, 0) is 68.0 Å². The fourth-order valence-electron chi connectivity index (χ4n) is 8.47. The van der Waals surface area contributed by atoms with Crippen molar-refractivity contribution < 1.29 is 14.3 Å². The Bertz CT molecular complexity index is 1870. The lowest BCUT2D eigenvalue weighted by molar-refractivity contribution is -0.149. The quantitative estimate of drug-likeness (QED) is 0.271. The molecule has 3 aromatic heterocycles. The number of nitrogens with zero attached hydrogens (tertiary/aromatic N) is 7. The Hall–Kier alpha value is -4.17. The molecule has 47 heavy (non-hydrogen) atoms. The molecule has 1 saturated carbocycles. The van der Waals surface area contributed by atoms with E-state index in [2.05, 4.69) is 31.9 Å². The number of morpholine rings is 1. The highest BCUT2D eigenvalue weighted by Crippen LogP contribution is 2.52. The van der Waals surface area contributed by atoms with Crippen LogP contribution in [0.5, 0.6) is 5.75 Å². The number of hydrogen-bond donors (Lipinski definition) is 0. The van der Waals surface area contributed by atoms with Crippen molar-refractivity contribution in [1.82, 2.24) is 24.4 Å². The van der Waals surface area contributed by atoms with E-state index in [1.165, 1.54) is 12.8 Å². The van der Waals surface area contributed by atoms with E-state index in [1.54, 1.807) is 10.7 Å².